The van der Waals surface area contributed by atoms with E-state index in [1.807, 2.05) is 13.2 Å². The van der Waals surface area contributed by atoms with Gasteiger partial charge in [0.05, 0.1) is 6.54 Å². The van der Waals surface area contributed by atoms with Gasteiger partial charge >= 0.3 is 6.36 Å². The third kappa shape index (κ3) is 9.80. The van der Waals surface area contributed by atoms with Gasteiger partial charge in [-0.1, -0.05) is 18.2 Å². The van der Waals surface area contributed by atoms with Gasteiger partial charge < -0.3 is 15.4 Å². The number of rotatable bonds is 7. The third-order valence-electron chi connectivity index (χ3n) is 2.55. The molecule has 0 saturated heterocycles. The standard InChI is InChI=1S/C14H20F3N3OS.HI/c1-3-18-13(19-8-9-22-2)20-10-11-6-4-5-7-12(11)21-14(15,16)17;/h4-7H,3,8-10H2,1-2H3,(H2,18,19,20);1H. The van der Waals surface area contributed by atoms with E-state index in [1.165, 1.54) is 12.1 Å². The Morgan fingerprint density at radius 1 is 1.26 bits per heavy atom. The number of nitrogens with zero attached hydrogens (tertiary/aromatic N) is 1. The lowest BCUT2D eigenvalue weighted by Crippen LogP contribution is -2.38. The Hall–Kier alpha value is -0.840. The van der Waals surface area contributed by atoms with Crippen LogP contribution in [0.15, 0.2) is 29.3 Å². The molecule has 0 unspecified atom stereocenters. The molecule has 0 radical (unpaired) electrons. The molecule has 0 aliphatic carbocycles. The van der Waals surface area contributed by atoms with Crippen molar-refractivity contribution in [2.24, 2.45) is 4.99 Å². The van der Waals surface area contributed by atoms with Gasteiger partial charge in [0.25, 0.3) is 0 Å². The molecule has 2 N–H and O–H groups in total. The molecular formula is C14H21F3IN3OS. The maximum absolute atomic E-state index is 12.4. The number of ether oxygens (including phenoxy) is 1. The molecular weight excluding hydrogens is 442 g/mol. The van der Waals surface area contributed by atoms with E-state index >= 15 is 0 Å². The molecule has 9 heteroatoms. The fourth-order valence-electron chi connectivity index (χ4n) is 1.64. The summed E-state index contributed by atoms with van der Waals surface area (Å²) in [7, 11) is 0. The first-order chi connectivity index (χ1) is 10.5. The van der Waals surface area contributed by atoms with Crippen molar-refractivity contribution in [3.63, 3.8) is 0 Å². The molecule has 0 aliphatic heterocycles. The van der Waals surface area contributed by atoms with Crippen molar-refractivity contribution in [2.75, 3.05) is 25.1 Å². The van der Waals surface area contributed by atoms with E-state index in [1.54, 1.807) is 23.9 Å². The maximum atomic E-state index is 12.4. The van der Waals surface area contributed by atoms with Crippen molar-refractivity contribution in [1.29, 1.82) is 0 Å². The highest BCUT2D eigenvalue weighted by Gasteiger charge is 2.31. The predicted molar refractivity (Wildman–Crippen MR) is 99.7 cm³/mol. The highest BCUT2D eigenvalue weighted by molar-refractivity contribution is 14.0. The van der Waals surface area contributed by atoms with Crippen LogP contribution in [-0.2, 0) is 6.54 Å². The molecule has 0 spiro atoms. The molecule has 0 saturated carbocycles. The molecule has 0 bridgehead atoms. The van der Waals surface area contributed by atoms with Crippen LogP contribution >= 0.6 is 35.7 Å². The maximum Gasteiger partial charge on any atom is 0.573 e. The van der Waals surface area contributed by atoms with Gasteiger partial charge in [-0.25, -0.2) is 4.99 Å². The first kappa shape index (κ1) is 22.2. The molecule has 0 aromatic heterocycles. The smallest absolute Gasteiger partial charge is 0.405 e. The lowest BCUT2D eigenvalue weighted by atomic mass is 10.2. The summed E-state index contributed by atoms with van der Waals surface area (Å²) >= 11 is 1.69. The lowest BCUT2D eigenvalue weighted by Gasteiger charge is -2.13. The summed E-state index contributed by atoms with van der Waals surface area (Å²) in [5.41, 5.74) is 0.377. The van der Waals surface area contributed by atoms with Gasteiger partial charge in [-0.2, -0.15) is 11.8 Å². The van der Waals surface area contributed by atoms with Crippen LogP contribution in [0.5, 0.6) is 5.75 Å². The van der Waals surface area contributed by atoms with E-state index in [0.29, 0.717) is 18.1 Å². The summed E-state index contributed by atoms with van der Waals surface area (Å²) in [6.45, 7) is 3.42. The summed E-state index contributed by atoms with van der Waals surface area (Å²) in [5, 5.41) is 6.16. The van der Waals surface area contributed by atoms with Crippen molar-refractivity contribution in [3.8, 4) is 5.75 Å². The average molecular weight is 463 g/mol. The monoisotopic (exact) mass is 463 g/mol. The Morgan fingerprint density at radius 3 is 2.57 bits per heavy atom. The fraction of sp³-hybridized carbons (Fsp3) is 0.500. The molecule has 4 nitrogen and oxygen atoms in total. The Kier molecular flexibility index (Phi) is 11.2. The van der Waals surface area contributed by atoms with E-state index in [2.05, 4.69) is 20.4 Å². The van der Waals surface area contributed by atoms with E-state index in [0.717, 1.165) is 12.3 Å². The number of aliphatic imine (C=N–C) groups is 1. The number of hydrogen-bond acceptors (Lipinski definition) is 3. The molecule has 23 heavy (non-hydrogen) atoms. The molecule has 0 heterocycles. The van der Waals surface area contributed by atoms with E-state index < -0.39 is 6.36 Å². The van der Waals surface area contributed by atoms with Gasteiger partial charge in [-0.3, -0.25) is 0 Å². The normalized spacial score (nSPS) is 11.6. The van der Waals surface area contributed by atoms with Gasteiger partial charge in [0.1, 0.15) is 5.75 Å². The topological polar surface area (TPSA) is 45.7 Å². The van der Waals surface area contributed by atoms with Crippen LogP contribution in [0.2, 0.25) is 0 Å². The van der Waals surface area contributed by atoms with Crippen molar-refractivity contribution in [2.45, 2.75) is 19.8 Å². The zero-order valence-electron chi connectivity index (χ0n) is 12.9. The summed E-state index contributed by atoms with van der Waals surface area (Å²) < 4.78 is 41.1. The van der Waals surface area contributed by atoms with Gasteiger partial charge in [-0.05, 0) is 19.2 Å². The minimum absolute atomic E-state index is 0. The van der Waals surface area contributed by atoms with Crippen LogP contribution in [0.4, 0.5) is 13.2 Å². The van der Waals surface area contributed by atoms with Gasteiger partial charge in [-0.15, -0.1) is 37.1 Å². The number of guanidine groups is 1. The number of nitrogens with one attached hydrogen (secondary N) is 2. The number of alkyl halides is 3. The number of benzene rings is 1. The average Bonchev–Trinajstić information content (AvgIpc) is 2.44. The Labute approximate surface area is 155 Å². The lowest BCUT2D eigenvalue weighted by molar-refractivity contribution is -0.274. The van der Waals surface area contributed by atoms with Crippen molar-refractivity contribution < 1.29 is 17.9 Å². The van der Waals surface area contributed by atoms with Gasteiger partial charge in [0.15, 0.2) is 5.96 Å². The molecule has 1 rings (SSSR count). The Balaban J connectivity index is 0.00000484. The van der Waals surface area contributed by atoms with Crippen molar-refractivity contribution in [3.05, 3.63) is 29.8 Å². The van der Waals surface area contributed by atoms with Gasteiger partial charge in [0, 0.05) is 24.4 Å². The second kappa shape index (κ2) is 11.7. The zero-order chi connectivity index (χ0) is 16.4. The largest absolute Gasteiger partial charge is 0.573 e. The molecule has 1 aromatic carbocycles. The number of halogens is 4. The Bertz CT molecular complexity index is 487. The summed E-state index contributed by atoms with van der Waals surface area (Å²) in [6, 6.07) is 6.00. The third-order valence-corrected chi connectivity index (χ3v) is 3.16. The first-order valence-electron chi connectivity index (χ1n) is 6.81. The summed E-state index contributed by atoms with van der Waals surface area (Å²) in [5.74, 6) is 1.26. The minimum Gasteiger partial charge on any atom is -0.405 e. The molecule has 0 fully saturated rings. The minimum atomic E-state index is -4.71. The molecule has 0 amide bonds. The SMILES string of the molecule is CCNC(=NCc1ccccc1OC(F)(F)F)NCCSC.I. The van der Waals surface area contributed by atoms with Crippen LogP contribution in [0.1, 0.15) is 12.5 Å². The highest BCUT2D eigenvalue weighted by Crippen LogP contribution is 2.26. The van der Waals surface area contributed by atoms with E-state index in [-0.39, 0.29) is 36.3 Å². The van der Waals surface area contributed by atoms with E-state index in [9.17, 15) is 13.2 Å². The molecule has 132 valence electrons. The van der Waals surface area contributed by atoms with Crippen LogP contribution in [0, 0.1) is 0 Å². The van der Waals surface area contributed by atoms with Gasteiger partial charge in [0.2, 0.25) is 0 Å². The molecule has 1 aromatic rings. The summed E-state index contributed by atoms with van der Waals surface area (Å²) in [6.07, 6.45) is -2.71. The van der Waals surface area contributed by atoms with Crippen molar-refractivity contribution in [1.82, 2.24) is 10.6 Å². The Morgan fingerprint density at radius 2 is 1.96 bits per heavy atom. The second-order valence-corrected chi connectivity index (χ2v) is 5.26. The van der Waals surface area contributed by atoms with Crippen LogP contribution < -0.4 is 15.4 Å². The first-order valence-corrected chi connectivity index (χ1v) is 8.20. The number of para-hydroxylation sites is 1. The number of thioether (sulfide) groups is 1. The molecule has 0 atom stereocenters. The van der Waals surface area contributed by atoms with Crippen LogP contribution in [0.3, 0.4) is 0 Å². The highest BCUT2D eigenvalue weighted by atomic mass is 127. The second-order valence-electron chi connectivity index (χ2n) is 4.27. The number of hydrogen-bond donors (Lipinski definition) is 2. The predicted octanol–water partition coefficient (Wildman–Crippen LogP) is 3.62. The fourth-order valence-corrected chi connectivity index (χ4v) is 1.94. The summed E-state index contributed by atoms with van der Waals surface area (Å²) in [4.78, 5) is 4.28. The van der Waals surface area contributed by atoms with E-state index in [4.69, 9.17) is 0 Å². The van der Waals surface area contributed by atoms with Crippen LogP contribution in [-0.4, -0.2) is 37.4 Å². The van der Waals surface area contributed by atoms with Crippen LogP contribution in [0.25, 0.3) is 0 Å². The zero-order valence-corrected chi connectivity index (χ0v) is 16.1. The van der Waals surface area contributed by atoms with Crippen molar-refractivity contribution >= 4 is 41.7 Å². The quantitative estimate of drug-likeness (QED) is 0.281. The molecule has 0 aliphatic rings.